The first-order valence-electron chi connectivity index (χ1n) is 9.71. The van der Waals surface area contributed by atoms with Gasteiger partial charge in [-0.3, -0.25) is 9.20 Å². The zero-order valence-corrected chi connectivity index (χ0v) is 17.1. The summed E-state index contributed by atoms with van der Waals surface area (Å²) in [5, 5.41) is 2.18. The molecule has 1 aliphatic carbocycles. The van der Waals surface area contributed by atoms with Gasteiger partial charge in [0.05, 0.1) is 5.69 Å². The molecule has 4 nitrogen and oxygen atoms in total. The third kappa shape index (κ3) is 4.24. The number of nitrogens with zero attached hydrogens (tertiary/aromatic N) is 3. The van der Waals surface area contributed by atoms with Crippen molar-refractivity contribution in [1.82, 2.24) is 14.3 Å². The summed E-state index contributed by atoms with van der Waals surface area (Å²) in [6, 6.07) is 10.7. The highest BCUT2D eigenvalue weighted by molar-refractivity contribution is 7.15. The number of imidazole rings is 1. The lowest BCUT2D eigenvalue weighted by Gasteiger charge is -2.26. The molecule has 0 atom stereocenters. The fourth-order valence-corrected chi connectivity index (χ4v) is 4.35. The molecular weight excluding hydrogens is 354 g/mol. The van der Waals surface area contributed by atoms with Gasteiger partial charge in [-0.15, -0.1) is 11.3 Å². The van der Waals surface area contributed by atoms with Gasteiger partial charge in [-0.2, -0.15) is 0 Å². The molecule has 0 saturated heterocycles. The summed E-state index contributed by atoms with van der Waals surface area (Å²) in [6.45, 7) is 7.20. The maximum Gasteiger partial charge on any atom is 0.223 e. The fourth-order valence-electron chi connectivity index (χ4n) is 3.44. The average molecular weight is 382 g/mol. The molecule has 2 aromatic heterocycles. The second-order valence-electron chi connectivity index (χ2n) is 8.68. The van der Waals surface area contributed by atoms with Gasteiger partial charge in [-0.05, 0) is 18.3 Å². The van der Waals surface area contributed by atoms with E-state index in [-0.39, 0.29) is 5.41 Å². The summed E-state index contributed by atoms with van der Waals surface area (Å²) < 4.78 is 2.19. The molecule has 5 heteroatoms. The molecule has 0 radical (unpaired) electrons. The molecule has 0 N–H and O–H groups in total. The molecule has 27 heavy (non-hydrogen) atoms. The minimum Gasteiger partial charge on any atom is -0.339 e. The Morgan fingerprint density at radius 1 is 1.26 bits per heavy atom. The van der Waals surface area contributed by atoms with Crippen molar-refractivity contribution < 1.29 is 4.79 Å². The standard InChI is InChI=1S/C22H27N3OS/c1-22(2,3)13-20(26)24(17-9-10-17)12-11-18-15-27-21-23-19(14-25(18)21)16-7-5-4-6-8-16/h4-8,14-15,17H,9-13H2,1-3H3. The second kappa shape index (κ2) is 7.12. The topological polar surface area (TPSA) is 37.6 Å². The predicted octanol–water partition coefficient (Wildman–Crippen LogP) is 5.03. The summed E-state index contributed by atoms with van der Waals surface area (Å²) in [5.74, 6) is 0.298. The van der Waals surface area contributed by atoms with Crippen LogP contribution in [0.3, 0.4) is 0 Å². The number of hydrogen-bond acceptors (Lipinski definition) is 3. The Hall–Kier alpha value is -2.14. The van der Waals surface area contributed by atoms with Gasteiger partial charge in [0, 0.05) is 48.3 Å². The van der Waals surface area contributed by atoms with Crippen LogP contribution in [0.4, 0.5) is 0 Å². The summed E-state index contributed by atoms with van der Waals surface area (Å²) in [4.78, 5) is 20.7. The van der Waals surface area contributed by atoms with E-state index in [1.807, 2.05) is 18.2 Å². The lowest BCUT2D eigenvalue weighted by atomic mass is 9.91. The third-order valence-corrected chi connectivity index (χ3v) is 5.84. The molecule has 4 rings (SSSR count). The van der Waals surface area contributed by atoms with Crippen molar-refractivity contribution in [2.24, 2.45) is 5.41 Å². The number of aromatic nitrogens is 2. The van der Waals surface area contributed by atoms with E-state index in [1.165, 1.54) is 5.69 Å². The zero-order chi connectivity index (χ0) is 19.0. The summed E-state index contributed by atoms with van der Waals surface area (Å²) in [6.07, 6.45) is 5.91. The molecule has 1 aliphatic rings. The second-order valence-corrected chi connectivity index (χ2v) is 9.51. The highest BCUT2D eigenvalue weighted by Gasteiger charge is 2.33. The van der Waals surface area contributed by atoms with Crippen LogP contribution in [0.1, 0.15) is 45.7 Å². The molecule has 1 fully saturated rings. The van der Waals surface area contributed by atoms with Crippen LogP contribution in [0.15, 0.2) is 41.9 Å². The molecule has 0 aliphatic heterocycles. The van der Waals surface area contributed by atoms with Crippen molar-refractivity contribution >= 4 is 22.2 Å². The van der Waals surface area contributed by atoms with E-state index in [4.69, 9.17) is 4.98 Å². The van der Waals surface area contributed by atoms with Crippen LogP contribution >= 0.6 is 11.3 Å². The maximum atomic E-state index is 12.8. The molecule has 1 amide bonds. The first-order valence-corrected chi connectivity index (χ1v) is 10.6. The molecular formula is C22H27N3OS. The predicted molar refractivity (Wildman–Crippen MR) is 111 cm³/mol. The van der Waals surface area contributed by atoms with Crippen molar-refractivity contribution in [1.29, 1.82) is 0 Å². The van der Waals surface area contributed by atoms with Gasteiger partial charge in [0.25, 0.3) is 0 Å². The third-order valence-electron chi connectivity index (χ3n) is 4.95. The van der Waals surface area contributed by atoms with Crippen molar-refractivity contribution in [3.05, 3.63) is 47.6 Å². The monoisotopic (exact) mass is 381 g/mol. The van der Waals surface area contributed by atoms with E-state index in [1.54, 1.807) is 11.3 Å². The van der Waals surface area contributed by atoms with Crippen LogP contribution in [0.5, 0.6) is 0 Å². The Labute approximate surface area is 164 Å². The number of amides is 1. The first-order chi connectivity index (χ1) is 12.9. The number of hydrogen-bond donors (Lipinski definition) is 0. The van der Waals surface area contributed by atoms with E-state index in [0.29, 0.717) is 18.4 Å². The smallest absolute Gasteiger partial charge is 0.223 e. The maximum absolute atomic E-state index is 12.8. The van der Waals surface area contributed by atoms with Crippen LogP contribution in [0.2, 0.25) is 0 Å². The van der Waals surface area contributed by atoms with Crippen molar-refractivity contribution in [2.45, 2.75) is 52.5 Å². The van der Waals surface area contributed by atoms with E-state index >= 15 is 0 Å². The number of benzene rings is 1. The molecule has 2 heterocycles. The van der Waals surface area contributed by atoms with E-state index < -0.39 is 0 Å². The van der Waals surface area contributed by atoms with Gasteiger partial charge in [0.1, 0.15) is 0 Å². The largest absolute Gasteiger partial charge is 0.339 e. The molecule has 0 unspecified atom stereocenters. The van der Waals surface area contributed by atoms with Gasteiger partial charge in [0.15, 0.2) is 4.96 Å². The van der Waals surface area contributed by atoms with Crippen molar-refractivity contribution in [3.8, 4) is 11.3 Å². The van der Waals surface area contributed by atoms with E-state index in [2.05, 4.69) is 53.8 Å². The van der Waals surface area contributed by atoms with Crippen LogP contribution in [0.25, 0.3) is 16.2 Å². The van der Waals surface area contributed by atoms with Crippen molar-refractivity contribution in [3.63, 3.8) is 0 Å². The van der Waals surface area contributed by atoms with Gasteiger partial charge in [0.2, 0.25) is 5.91 Å². The Kier molecular flexibility index (Phi) is 4.81. The molecule has 1 saturated carbocycles. The minimum atomic E-state index is 0.0365. The van der Waals surface area contributed by atoms with Gasteiger partial charge in [-0.1, -0.05) is 51.1 Å². The SMILES string of the molecule is CC(C)(C)CC(=O)N(CCc1csc2nc(-c3ccccc3)cn12)C1CC1. The Morgan fingerprint density at radius 3 is 2.67 bits per heavy atom. The lowest BCUT2D eigenvalue weighted by Crippen LogP contribution is -2.37. The van der Waals surface area contributed by atoms with Gasteiger partial charge in [-0.25, -0.2) is 4.98 Å². The molecule has 0 bridgehead atoms. The molecule has 0 spiro atoms. The van der Waals surface area contributed by atoms with Crippen LogP contribution in [0, 0.1) is 5.41 Å². The van der Waals surface area contributed by atoms with E-state index in [0.717, 1.165) is 42.0 Å². The summed E-state index contributed by atoms with van der Waals surface area (Å²) in [7, 11) is 0. The first kappa shape index (κ1) is 18.2. The Balaban J connectivity index is 1.49. The normalized spacial score (nSPS) is 14.6. The summed E-state index contributed by atoms with van der Waals surface area (Å²) >= 11 is 1.67. The Bertz CT molecular complexity index is 932. The van der Waals surface area contributed by atoms with Gasteiger partial charge < -0.3 is 4.90 Å². The highest BCUT2D eigenvalue weighted by Crippen LogP contribution is 2.30. The van der Waals surface area contributed by atoms with E-state index in [9.17, 15) is 4.79 Å². The molecule has 1 aromatic carbocycles. The van der Waals surface area contributed by atoms with Crippen molar-refractivity contribution in [2.75, 3.05) is 6.54 Å². The quantitative estimate of drug-likeness (QED) is 0.600. The minimum absolute atomic E-state index is 0.0365. The number of fused-ring (bicyclic) bond motifs is 1. The highest BCUT2D eigenvalue weighted by atomic mass is 32.1. The van der Waals surface area contributed by atoms with Crippen LogP contribution in [-0.4, -0.2) is 32.8 Å². The van der Waals surface area contributed by atoms with Crippen LogP contribution in [-0.2, 0) is 11.2 Å². The Morgan fingerprint density at radius 2 is 2.00 bits per heavy atom. The fraction of sp³-hybridized carbons (Fsp3) is 0.455. The number of rotatable bonds is 6. The number of carbonyl (C=O) groups excluding carboxylic acids is 1. The zero-order valence-electron chi connectivity index (χ0n) is 16.3. The van der Waals surface area contributed by atoms with Gasteiger partial charge >= 0.3 is 0 Å². The summed E-state index contributed by atoms with van der Waals surface area (Å²) in [5.41, 5.74) is 3.42. The molecule has 142 valence electrons. The average Bonchev–Trinajstić information content (AvgIpc) is 3.24. The lowest BCUT2D eigenvalue weighted by molar-refractivity contribution is -0.133. The van der Waals surface area contributed by atoms with Crippen LogP contribution < -0.4 is 0 Å². The number of thiazole rings is 1. The number of carbonyl (C=O) groups is 1. The molecule has 3 aromatic rings.